The minimum Gasteiger partial charge on any atom is -0.477 e. The highest BCUT2D eigenvalue weighted by molar-refractivity contribution is 14.1. The Morgan fingerprint density at radius 3 is 2.50 bits per heavy atom. The Morgan fingerprint density at radius 2 is 2.14 bits per heavy atom. The maximum Gasteiger partial charge on any atom is 0.352 e. The lowest BCUT2D eigenvalue weighted by Gasteiger charge is -2.02. The molecule has 0 spiro atoms. The van der Waals surface area contributed by atoms with Crippen LogP contribution in [0.5, 0.6) is 0 Å². The van der Waals surface area contributed by atoms with E-state index < -0.39 is 29.2 Å². The minimum atomic E-state index is -2.91. The Labute approximate surface area is 90.1 Å². The average molecular weight is 315 g/mol. The van der Waals surface area contributed by atoms with Gasteiger partial charge >= 0.3 is 5.97 Å². The first-order chi connectivity index (χ1) is 6.43. The van der Waals surface area contributed by atoms with E-state index in [1.807, 2.05) is 4.98 Å². The van der Waals surface area contributed by atoms with Crippen LogP contribution < -0.4 is 5.56 Å². The Morgan fingerprint density at radius 1 is 1.57 bits per heavy atom. The summed E-state index contributed by atoms with van der Waals surface area (Å²) in [6.07, 6.45) is -2.91. The molecule has 0 radical (unpaired) electrons. The number of hydrogen-bond donors (Lipinski definition) is 2. The number of aromatic carboxylic acids is 1. The van der Waals surface area contributed by atoms with Gasteiger partial charge < -0.3 is 10.1 Å². The summed E-state index contributed by atoms with van der Waals surface area (Å²) in [7, 11) is 0. The van der Waals surface area contributed by atoms with Crippen LogP contribution in [0, 0.1) is 3.57 Å². The van der Waals surface area contributed by atoms with Gasteiger partial charge in [0.2, 0.25) is 0 Å². The molecule has 1 rings (SSSR count). The number of carbonyl (C=O) groups is 1. The van der Waals surface area contributed by atoms with Gasteiger partial charge in [-0.2, -0.15) is 0 Å². The molecule has 1 aromatic rings. The van der Waals surface area contributed by atoms with Gasteiger partial charge in [0.1, 0.15) is 5.69 Å². The highest BCUT2D eigenvalue weighted by Gasteiger charge is 2.18. The standard InChI is InChI=1S/C7H4F2INO3/c8-5(9)4-2(10)1-3(7(13)14)11-6(4)12/h1,5H,(H,11,12)(H,13,14). The van der Waals surface area contributed by atoms with E-state index in [9.17, 15) is 18.4 Å². The molecular formula is C7H4F2INO3. The summed E-state index contributed by atoms with van der Waals surface area (Å²) in [6.45, 7) is 0. The van der Waals surface area contributed by atoms with Crippen molar-refractivity contribution >= 4 is 28.6 Å². The normalized spacial score (nSPS) is 10.6. The summed E-state index contributed by atoms with van der Waals surface area (Å²) in [4.78, 5) is 23.3. The molecule has 0 aromatic carbocycles. The van der Waals surface area contributed by atoms with Crippen LogP contribution in [0.2, 0.25) is 0 Å². The van der Waals surface area contributed by atoms with Crippen LogP contribution in [0.25, 0.3) is 0 Å². The number of H-pyrrole nitrogens is 1. The summed E-state index contributed by atoms with van der Waals surface area (Å²) in [5.74, 6) is -1.36. The van der Waals surface area contributed by atoms with Crippen molar-refractivity contribution < 1.29 is 18.7 Å². The van der Waals surface area contributed by atoms with Gasteiger partial charge in [0, 0.05) is 3.57 Å². The minimum absolute atomic E-state index is 0.0567. The van der Waals surface area contributed by atoms with Gasteiger partial charge in [-0.15, -0.1) is 0 Å². The van der Waals surface area contributed by atoms with Gasteiger partial charge in [0.15, 0.2) is 0 Å². The molecule has 0 aliphatic carbocycles. The number of aromatic amines is 1. The van der Waals surface area contributed by atoms with Crippen LogP contribution in [0.4, 0.5) is 8.78 Å². The van der Waals surface area contributed by atoms with Crippen molar-refractivity contribution in [3.63, 3.8) is 0 Å². The van der Waals surface area contributed by atoms with E-state index in [1.165, 1.54) is 22.6 Å². The fraction of sp³-hybridized carbons (Fsp3) is 0.143. The van der Waals surface area contributed by atoms with E-state index >= 15 is 0 Å². The number of hydrogen-bond acceptors (Lipinski definition) is 2. The van der Waals surface area contributed by atoms with E-state index in [4.69, 9.17) is 5.11 Å². The molecule has 2 N–H and O–H groups in total. The second-order valence-corrected chi connectivity index (χ2v) is 3.54. The number of aromatic nitrogens is 1. The predicted octanol–water partition coefficient (Wildman–Crippen LogP) is 1.62. The van der Waals surface area contributed by atoms with E-state index in [2.05, 4.69) is 0 Å². The maximum atomic E-state index is 12.2. The lowest BCUT2D eigenvalue weighted by molar-refractivity contribution is 0.0689. The van der Waals surface area contributed by atoms with Crippen LogP contribution in [-0.2, 0) is 0 Å². The number of rotatable bonds is 2. The van der Waals surface area contributed by atoms with Gasteiger partial charge in [0.25, 0.3) is 12.0 Å². The predicted molar refractivity (Wildman–Crippen MR) is 51.7 cm³/mol. The smallest absolute Gasteiger partial charge is 0.352 e. The monoisotopic (exact) mass is 315 g/mol. The van der Waals surface area contributed by atoms with E-state index in [-0.39, 0.29) is 3.57 Å². The molecule has 4 nitrogen and oxygen atoms in total. The van der Waals surface area contributed by atoms with Crippen LogP contribution in [-0.4, -0.2) is 16.1 Å². The second-order valence-electron chi connectivity index (χ2n) is 2.38. The molecule has 0 saturated carbocycles. The summed E-state index contributed by atoms with van der Waals surface area (Å²) >= 11 is 1.50. The zero-order valence-electron chi connectivity index (χ0n) is 6.55. The molecule has 0 unspecified atom stereocenters. The van der Waals surface area contributed by atoms with Gasteiger partial charge in [-0.05, 0) is 28.7 Å². The maximum absolute atomic E-state index is 12.2. The first-order valence-electron chi connectivity index (χ1n) is 3.37. The van der Waals surface area contributed by atoms with Crippen molar-refractivity contribution in [3.8, 4) is 0 Å². The molecular weight excluding hydrogens is 311 g/mol. The number of nitrogens with one attached hydrogen (secondary N) is 1. The molecule has 1 heterocycles. The number of pyridine rings is 1. The van der Waals surface area contributed by atoms with Gasteiger partial charge in [-0.25, -0.2) is 13.6 Å². The van der Waals surface area contributed by atoms with Crippen molar-refractivity contribution in [1.82, 2.24) is 4.98 Å². The first kappa shape index (κ1) is 11.1. The highest BCUT2D eigenvalue weighted by atomic mass is 127. The third kappa shape index (κ3) is 2.08. The van der Waals surface area contributed by atoms with Crippen LogP contribution in [0.1, 0.15) is 22.5 Å². The Bertz CT molecular complexity index is 429. The Balaban J connectivity index is 3.40. The molecule has 76 valence electrons. The van der Waals surface area contributed by atoms with Gasteiger partial charge in [-0.1, -0.05) is 0 Å². The number of alkyl halides is 2. The molecule has 0 aliphatic rings. The quantitative estimate of drug-likeness (QED) is 0.815. The van der Waals surface area contributed by atoms with Crippen molar-refractivity contribution in [2.75, 3.05) is 0 Å². The molecule has 1 aromatic heterocycles. The summed E-state index contributed by atoms with van der Waals surface area (Å²) < 4.78 is 24.4. The average Bonchev–Trinajstić information content (AvgIpc) is 2.01. The Kier molecular flexibility index (Phi) is 3.19. The van der Waals surface area contributed by atoms with E-state index in [1.54, 1.807) is 0 Å². The third-order valence-corrected chi connectivity index (χ3v) is 2.36. The van der Waals surface area contributed by atoms with Gasteiger partial charge in [0.05, 0.1) is 5.56 Å². The Hall–Kier alpha value is -0.990. The van der Waals surface area contributed by atoms with Crippen molar-refractivity contribution in [2.24, 2.45) is 0 Å². The molecule has 0 atom stereocenters. The first-order valence-corrected chi connectivity index (χ1v) is 4.45. The lowest BCUT2D eigenvalue weighted by atomic mass is 10.2. The topological polar surface area (TPSA) is 70.2 Å². The number of carboxylic acid groups (broad SMARTS) is 1. The zero-order chi connectivity index (χ0) is 10.9. The molecule has 0 amide bonds. The molecule has 0 bridgehead atoms. The van der Waals surface area contributed by atoms with Crippen molar-refractivity contribution in [1.29, 1.82) is 0 Å². The summed E-state index contributed by atoms with van der Waals surface area (Å²) in [5.41, 5.74) is -2.16. The van der Waals surface area contributed by atoms with Crippen molar-refractivity contribution in [2.45, 2.75) is 6.43 Å². The van der Waals surface area contributed by atoms with Crippen molar-refractivity contribution in [3.05, 3.63) is 31.2 Å². The SMILES string of the molecule is O=C(O)c1cc(I)c(C(F)F)c(=O)[nH]1. The fourth-order valence-corrected chi connectivity index (χ4v) is 1.65. The van der Waals surface area contributed by atoms with Crippen LogP contribution >= 0.6 is 22.6 Å². The molecule has 0 fully saturated rings. The summed E-state index contributed by atoms with van der Waals surface area (Å²) in [6, 6.07) is 0.992. The zero-order valence-corrected chi connectivity index (χ0v) is 8.71. The van der Waals surface area contributed by atoms with E-state index in [0.29, 0.717) is 0 Å². The van der Waals surface area contributed by atoms with Crippen LogP contribution in [0.15, 0.2) is 10.9 Å². The van der Waals surface area contributed by atoms with Gasteiger partial charge in [-0.3, -0.25) is 4.79 Å². The number of halogens is 3. The molecule has 0 saturated heterocycles. The third-order valence-electron chi connectivity index (χ3n) is 1.47. The highest BCUT2D eigenvalue weighted by Crippen LogP contribution is 2.20. The fourth-order valence-electron chi connectivity index (χ4n) is 0.857. The lowest BCUT2D eigenvalue weighted by Crippen LogP contribution is -2.19. The summed E-state index contributed by atoms with van der Waals surface area (Å²) in [5, 5.41) is 8.50. The largest absolute Gasteiger partial charge is 0.477 e. The molecule has 0 aliphatic heterocycles. The molecule has 7 heteroatoms. The van der Waals surface area contributed by atoms with Crippen LogP contribution in [0.3, 0.4) is 0 Å². The number of carboxylic acids is 1. The second kappa shape index (κ2) is 4.03. The van der Waals surface area contributed by atoms with E-state index in [0.717, 1.165) is 6.07 Å². The molecule has 14 heavy (non-hydrogen) atoms.